The number of aliphatic imine (C=N–C) groups is 2. The molecule has 3 unspecified atom stereocenters. The lowest BCUT2D eigenvalue weighted by molar-refractivity contribution is 0.452. The van der Waals surface area contributed by atoms with Crippen LogP contribution >= 0.6 is 0 Å². The van der Waals surface area contributed by atoms with Crippen LogP contribution in [0.4, 0.5) is 0 Å². The predicted molar refractivity (Wildman–Crippen MR) is 159 cm³/mol. The first-order valence-corrected chi connectivity index (χ1v) is 14.2. The fraction of sp³-hybridized carbons (Fsp3) is 0.286. The SMILES string of the molecule is C=CC1=NC2C3=C(Cc4ccc5c(oc6nc(C(C)C7CCCC7)ccc65)c4C(C=C)=N3)C2c2ccccc21. The number of nitrogens with zero attached hydrogens (tertiary/aromatic N) is 3. The van der Waals surface area contributed by atoms with Crippen molar-refractivity contribution in [2.24, 2.45) is 15.9 Å². The minimum Gasteiger partial charge on any atom is -0.437 e. The minimum absolute atomic E-state index is 0.0135. The molecule has 0 bridgehead atoms. The Labute approximate surface area is 228 Å². The van der Waals surface area contributed by atoms with Gasteiger partial charge in [0, 0.05) is 39.4 Å². The second-order valence-electron chi connectivity index (χ2n) is 11.5. The topological polar surface area (TPSA) is 50.8 Å². The van der Waals surface area contributed by atoms with Gasteiger partial charge in [-0.15, -0.1) is 0 Å². The maximum atomic E-state index is 6.59. The molecule has 0 radical (unpaired) electrons. The van der Waals surface area contributed by atoms with E-state index in [-0.39, 0.29) is 12.0 Å². The van der Waals surface area contributed by atoms with Gasteiger partial charge in [0.15, 0.2) is 0 Å². The number of rotatable bonds is 4. The summed E-state index contributed by atoms with van der Waals surface area (Å²) in [6, 6.07) is 17.5. The monoisotopic (exact) mass is 509 g/mol. The van der Waals surface area contributed by atoms with E-state index >= 15 is 0 Å². The smallest absolute Gasteiger partial charge is 0.227 e. The second-order valence-corrected chi connectivity index (χ2v) is 11.5. The van der Waals surface area contributed by atoms with Crippen molar-refractivity contribution in [1.82, 2.24) is 4.98 Å². The van der Waals surface area contributed by atoms with Gasteiger partial charge in [0.25, 0.3) is 0 Å². The zero-order valence-corrected chi connectivity index (χ0v) is 22.3. The standard InChI is InChI=1S/C35H31N3O/c1-4-27-22-12-8-9-13-23(22)31-26-18-21-14-15-24-25-16-17-29(19(3)20-10-6-7-11-20)38-35(25)39-34(24)30(21)28(5-2)37-32(26)33(31)36-27/h4-5,8-9,12-17,19-20,31,33H,1-2,6-7,10-11,18H2,3H3. The first kappa shape index (κ1) is 22.9. The van der Waals surface area contributed by atoms with E-state index in [0.29, 0.717) is 5.92 Å². The number of hydrogen-bond donors (Lipinski definition) is 0. The Bertz CT molecular complexity index is 1810. The van der Waals surface area contributed by atoms with Gasteiger partial charge in [-0.1, -0.05) is 69.3 Å². The first-order chi connectivity index (χ1) is 19.2. The molecule has 0 amide bonds. The van der Waals surface area contributed by atoms with Gasteiger partial charge in [-0.05, 0) is 66.2 Å². The van der Waals surface area contributed by atoms with Crippen LogP contribution in [0.5, 0.6) is 0 Å². The summed E-state index contributed by atoms with van der Waals surface area (Å²) in [4.78, 5) is 15.3. The summed E-state index contributed by atoms with van der Waals surface area (Å²) in [5.74, 6) is 1.41. The molecular weight excluding hydrogens is 478 g/mol. The molecule has 0 N–H and O–H groups in total. The molecule has 2 aromatic carbocycles. The van der Waals surface area contributed by atoms with Crippen LogP contribution in [0.1, 0.15) is 72.4 Å². The molecule has 4 aromatic rings. The van der Waals surface area contributed by atoms with Gasteiger partial charge < -0.3 is 4.42 Å². The first-order valence-electron chi connectivity index (χ1n) is 14.2. The molecule has 1 fully saturated rings. The van der Waals surface area contributed by atoms with E-state index in [2.05, 4.69) is 68.6 Å². The van der Waals surface area contributed by atoms with Crippen LogP contribution in [0.15, 0.2) is 99.5 Å². The van der Waals surface area contributed by atoms with E-state index in [1.165, 1.54) is 47.9 Å². The van der Waals surface area contributed by atoms with Crippen molar-refractivity contribution in [2.45, 2.75) is 56.9 Å². The molecule has 2 aromatic heterocycles. The molecule has 2 aliphatic carbocycles. The molecule has 3 atom stereocenters. The third-order valence-corrected chi connectivity index (χ3v) is 9.60. The fourth-order valence-electron chi connectivity index (χ4n) is 7.51. The van der Waals surface area contributed by atoms with Crippen LogP contribution in [0.25, 0.3) is 22.1 Å². The summed E-state index contributed by atoms with van der Waals surface area (Å²) >= 11 is 0. The van der Waals surface area contributed by atoms with Gasteiger partial charge in [0.1, 0.15) is 11.6 Å². The average molecular weight is 510 g/mol. The minimum atomic E-state index is 0.0135. The lowest BCUT2D eigenvalue weighted by Crippen LogP contribution is -2.37. The zero-order valence-electron chi connectivity index (χ0n) is 22.3. The molecule has 0 spiro atoms. The third kappa shape index (κ3) is 3.21. The number of furan rings is 1. The molecule has 4 nitrogen and oxygen atoms in total. The van der Waals surface area contributed by atoms with Gasteiger partial charge >= 0.3 is 0 Å². The number of fused-ring (bicyclic) bond motifs is 10. The van der Waals surface area contributed by atoms with E-state index in [0.717, 1.165) is 62.8 Å². The molecule has 1 saturated carbocycles. The lowest BCUT2D eigenvalue weighted by atomic mass is 9.67. The van der Waals surface area contributed by atoms with E-state index in [1.807, 2.05) is 12.2 Å². The van der Waals surface area contributed by atoms with Crippen molar-refractivity contribution in [3.63, 3.8) is 0 Å². The zero-order chi connectivity index (χ0) is 26.2. The summed E-state index contributed by atoms with van der Waals surface area (Å²) in [7, 11) is 0. The van der Waals surface area contributed by atoms with Crippen LogP contribution in [0.2, 0.25) is 0 Å². The normalized spacial score (nSPS) is 22.7. The molecule has 0 saturated heterocycles. The molecule has 4 heterocycles. The molecule has 2 aliphatic heterocycles. The number of allylic oxidation sites excluding steroid dienone is 2. The second kappa shape index (κ2) is 8.47. The van der Waals surface area contributed by atoms with Crippen molar-refractivity contribution >= 4 is 33.5 Å². The Morgan fingerprint density at radius 1 is 0.949 bits per heavy atom. The van der Waals surface area contributed by atoms with E-state index < -0.39 is 0 Å². The van der Waals surface area contributed by atoms with Gasteiger partial charge in [-0.3, -0.25) is 9.98 Å². The van der Waals surface area contributed by atoms with E-state index in [4.69, 9.17) is 19.4 Å². The van der Waals surface area contributed by atoms with Crippen molar-refractivity contribution in [1.29, 1.82) is 0 Å². The number of aromatic nitrogens is 1. The van der Waals surface area contributed by atoms with E-state index in [9.17, 15) is 0 Å². The van der Waals surface area contributed by atoms with Crippen LogP contribution in [0, 0.1) is 5.92 Å². The third-order valence-electron chi connectivity index (χ3n) is 9.60. The van der Waals surface area contributed by atoms with Gasteiger partial charge in [0.05, 0.1) is 17.1 Å². The Morgan fingerprint density at radius 3 is 2.56 bits per heavy atom. The van der Waals surface area contributed by atoms with Crippen molar-refractivity contribution in [3.05, 3.63) is 113 Å². The van der Waals surface area contributed by atoms with Crippen molar-refractivity contribution in [3.8, 4) is 0 Å². The Hall–Kier alpha value is -4.05. The Kier molecular flexibility index (Phi) is 4.97. The quantitative estimate of drug-likeness (QED) is 0.278. The van der Waals surface area contributed by atoms with E-state index in [1.54, 1.807) is 0 Å². The van der Waals surface area contributed by atoms with Crippen LogP contribution in [0.3, 0.4) is 0 Å². The number of pyridine rings is 1. The maximum absolute atomic E-state index is 6.59. The average Bonchev–Trinajstić information content (AvgIpc) is 3.61. The Morgan fingerprint density at radius 2 is 1.74 bits per heavy atom. The molecule has 4 aliphatic rings. The highest BCUT2D eigenvalue weighted by molar-refractivity contribution is 6.20. The Balaban J connectivity index is 1.26. The molecule has 8 rings (SSSR count). The predicted octanol–water partition coefficient (Wildman–Crippen LogP) is 8.21. The maximum Gasteiger partial charge on any atom is 0.227 e. The van der Waals surface area contributed by atoms with Crippen molar-refractivity contribution < 1.29 is 4.42 Å². The van der Waals surface area contributed by atoms with Crippen LogP contribution in [-0.4, -0.2) is 22.4 Å². The van der Waals surface area contributed by atoms with Gasteiger partial charge in [-0.2, -0.15) is 0 Å². The van der Waals surface area contributed by atoms with Crippen molar-refractivity contribution in [2.75, 3.05) is 0 Å². The molecule has 192 valence electrons. The summed E-state index contributed by atoms with van der Waals surface area (Å²) in [5.41, 5.74) is 11.7. The summed E-state index contributed by atoms with van der Waals surface area (Å²) in [6.45, 7) is 10.5. The number of hydrogen-bond acceptors (Lipinski definition) is 4. The summed E-state index contributed by atoms with van der Waals surface area (Å²) in [6.07, 6.45) is 9.83. The molecular formula is C35H31N3O. The fourth-order valence-corrected chi connectivity index (χ4v) is 7.51. The van der Waals surface area contributed by atoms with Crippen LogP contribution < -0.4 is 0 Å². The summed E-state index contributed by atoms with van der Waals surface area (Å²) in [5, 5.41) is 2.15. The van der Waals surface area contributed by atoms with Crippen LogP contribution in [-0.2, 0) is 6.42 Å². The van der Waals surface area contributed by atoms with Gasteiger partial charge in [0.2, 0.25) is 5.71 Å². The van der Waals surface area contributed by atoms with Gasteiger partial charge in [-0.25, -0.2) is 4.98 Å². The number of benzene rings is 2. The molecule has 4 heteroatoms. The largest absolute Gasteiger partial charge is 0.437 e. The highest BCUT2D eigenvalue weighted by Gasteiger charge is 2.46. The summed E-state index contributed by atoms with van der Waals surface area (Å²) < 4.78 is 6.59. The highest BCUT2D eigenvalue weighted by atomic mass is 16.3. The molecule has 39 heavy (non-hydrogen) atoms. The highest BCUT2D eigenvalue weighted by Crippen LogP contribution is 2.52. The lowest BCUT2D eigenvalue weighted by Gasteiger charge is -2.41.